The summed E-state index contributed by atoms with van der Waals surface area (Å²) < 4.78 is 0. The van der Waals surface area contributed by atoms with Gasteiger partial charge in [0.15, 0.2) is 0 Å². The van der Waals surface area contributed by atoms with Gasteiger partial charge >= 0.3 is 0 Å². The summed E-state index contributed by atoms with van der Waals surface area (Å²) in [5, 5.41) is 3.64. The molecule has 0 atom stereocenters. The molecule has 0 spiro atoms. The zero-order chi connectivity index (χ0) is 20.7. The Hall–Kier alpha value is -1.98. The lowest BCUT2D eigenvalue weighted by Crippen LogP contribution is -2.46. The first-order chi connectivity index (χ1) is 14.0. The minimum absolute atomic E-state index is 0.000578. The Labute approximate surface area is 176 Å². The van der Waals surface area contributed by atoms with Crippen LogP contribution in [0.25, 0.3) is 0 Å². The Morgan fingerprint density at radius 2 is 1.79 bits per heavy atom. The number of anilines is 1. The van der Waals surface area contributed by atoms with Crippen LogP contribution in [0.4, 0.5) is 5.69 Å². The molecule has 2 aromatic rings. The van der Waals surface area contributed by atoms with Crippen LogP contribution in [0.1, 0.15) is 51.2 Å². The van der Waals surface area contributed by atoms with Crippen molar-refractivity contribution >= 4 is 5.69 Å². The first-order valence-electron chi connectivity index (χ1n) is 11.1. The number of hydrogen-bond acceptors (Lipinski definition) is 5. The quantitative estimate of drug-likeness (QED) is 0.692. The smallest absolute Gasteiger partial charge is 0.133 e. The summed E-state index contributed by atoms with van der Waals surface area (Å²) >= 11 is 0. The zero-order valence-electron chi connectivity index (χ0n) is 18.6. The van der Waals surface area contributed by atoms with Crippen LogP contribution in [-0.2, 0) is 18.4 Å². The number of rotatable bonds is 8. The van der Waals surface area contributed by atoms with E-state index in [1.165, 1.54) is 11.3 Å². The highest BCUT2D eigenvalue weighted by Gasteiger charge is 2.18. The van der Waals surface area contributed by atoms with Crippen molar-refractivity contribution in [3.05, 3.63) is 53.6 Å². The Morgan fingerprint density at radius 3 is 2.52 bits per heavy atom. The molecule has 1 aromatic heterocycles. The lowest BCUT2D eigenvalue weighted by molar-refractivity contribution is 0.271. The van der Waals surface area contributed by atoms with Crippen molar-refractivity contribution in [3.63, 3.8) is 0 Å². The summed E-state index contributed by atoms with van der Waals surface area (Å²) in [5.41, 5.74) is 3.93. The fourth-order valence-electron chi connectivity index (χ4n) is 3.79. The third kappa shape index (κ3) is 6.25. The van der Waals surface area contributed by atoms with E-state index in [1.54, 1.807) is 0 Å². The average molecular weight is 396 g/mol. The van der Waals surface area contributed by atoms with E-state index in [9.17, 15) is 0 Å². The molecule has 1 aromatic carbocycles. The molecule has 1 aliphatic heterocycles. The van der Waals surface area contributed by atoms with Gasteiger partial charge in [0, 0.05) is 55.7 Å². The maximum Gasteiger partial charge on any atom is 0.133 e. The molecule has 1 saturated heterocycles. The van der Waals surface area contributed by atoms with Gasteiger partial charge in [0.1, 0.15) is 5.82 Å². The lowest BCUT2D eigenvalue weighted by Gasteiger charge is -2.36. The summed E-state index contributed by atoms with van der Waals surface area (Å²) in [6.45, 7) is 16.4. The van der Waals surface area contributed by atoms with Crippen molar-refractivity contribution in [2.75, 3.05) is 44.2 Å². The van der Waals surface area contributed by atoms with Crippen molar-refractivity contribution in [2.45, 2.75) is 52.5 Å². The summed E-state index contributed by atoms with van der Waals surface area (Å²) in [6.07, 6.45) is 3.96. The highest BCUT2D eigenvalue weighted by Crippen LogP contribution is 2.22. The second-order valence-corrected chi connectivity index (χ2v) is 8.95. The first-order valence-corrected chi connectivity index (χ1v) is 11.1. The van der Waals surface area contributed by atoms with Gasteiger partial charge in [-0.25, -0.2) is 9.97 Å². The number of piperazine rings is 1. The van der Waals surface area contributed by atoms with Crippen LogP contribution >= 0.6 is 0 Å². The molecule has 158 valence electrons. The standard InChI is InChI=1S/C24H37N5/c1-5-28-15-17-29(18-16-28)22-11-7-6-9-20(22)19-25-13-8-10-21-12-14-26-23(27-21)24(2,3)4/h6-7,9,11-12,14,25H,5,8,10,13,15-19H2,1-4H3. The largest absolute Gasteiger partial charge is 0.369 e. The average Bonchev–Trinajstić information content (AvgIpc) is 2.73. The number of hydrogen-bond donors (Lipinski definition) is 1. The highest BCUT2D eigenvalue weighted by molar-refractivity contribution is 5.54. The molecule has 5 heteroatoms. The van der Waals surface area contributed by atoms with E-state index in [-0.39, 0.29) is 5.41 Å². The molecule has 0 unspecified atom stereocenters. The Morgan fingerprint density at radius 1 is 1.03 bits per heavy atom. The number of benzene rings is 1. The molecule has 0 bridgehead atoms. The highest BCUT2D eigenvalue weighted by atomic mass is 15.3. The van der Waals surface area contributed by atoms with Crippen molar-refractivity contribution in [1.29, 1.82) is 0 Å². The summed E-state index contributed by atoms with van der Waals surface area (Å²) in [5.74, 6) is 0.931. The molecule has 1 aliphatic rings. The minimum Gasteiger partial charge on any atom is -0.369 e. The van der Waals surface area contributed by atoms with E-state index >= 15 is 0 Å². The van der Waals surface area contributed by atoms with Crippen LogP contribution in [-0.4, -0.2) is 54.1 Å². The lowest BCUT2D eigenvalue weighted by atomic mass is 9.95. The van der Waals surface area contributed by atoms with Gasteiger partial charge in [0.05, 0.1) is 0 Å². The number of likely N-dealkylation sites (N-methyl/N-ethyl adjacent to an activating group) is 1. The van der Waals surface area contributed by atoms with Gasteiger partial charge in [-0.3, -0.25) is 0 Å². The fourth-order valence-corrected chi connectivity index (χ4v) is 3.79. The van der Waals surface area contributed by atoms with Gasteiger partial charge in [-0.2, -0.15) is 0 Å². The van der Waals surface area contributed by atoms with Gasteiger partial charge in [0.25, 0.3) is 0 Å². The van der Waals surface area contributed by atoms with Crippen molar-refractivity contribution in [2.24, 2.45) is 0 Å². The Bertz CT molecular complexity index is 760. The van der Waals surface area contributed by atoms with E-state index in [0.717, 1.165) is 70.2 Å². The number of para-hydroxylation sites is 1. The zero-order valence-corrected chi connectivity index (χ0v) is 18.6. The summed E-state index contributed by atoms with van der Waals surface area (Å²) in [4.78, 5) is 14.2. The van der Waals surface area contributed by atoms with Crippen LogP contribution in [0, 0.1) is 0 Å². The van der Waals surface area contributed by atoms with Crippen LogP contribution in [0.15, 0.2) is 36.5 Å². The number of nitrogens with zero attached hydrogens (tertiary/aromatic N) is 4. The predicted molar refractivity (Wildman–Crippen MR) is 122 cm³/mol. The molecule has 1 fully saturated rings. The fraction of sp³-hybridized carbons (Fsp3) is 0.583. The second-order valence-electron chi connectivity index (χ2n) is 8.95. The molecule has 5 nitrogen and oxygen atoms in total. The molecule has 3 rings (SSSR count). The maximum atomic E-state index is 4.74. The van der Waals surface area contributed by atoms with Crippen LogP contribution < -0.4 is 10.2 Å². The molecule has 0 saturated carbocycles. The normalized spacial score (nSPS) is 15.7. The van der Waals surface area contributed by atoms with E-state index in [2.05, 4.69) is 72.1 Å². The van der Waals surface area contributed by atoms with Crippen molar-refractivity contribution < 1.29 is 0 Å². The van der Waals surface area contributed by atoms with E-state index in [4.69, 9.17) is 4.98 Å². The SMILES string of the molecule is CCN1CCN(c2ccccc2CNCCCc2ccnc(C(C)(C)C)n2)CC1. The molecular formula is C24H37N5. The van der Waals surface area contributed by atoms with E-state index in [0.29, 0.717) is 0 Å². The Balaban J connectivity index is 1.47. The second kappa shape index (κ2) is 10.2. The van der Waals surface area contributed by atoms with Crippen LogP contribution in [0.5, 0.6) is 0 Å². The van der Waals surface area contributed by atoms with Crippen molar-refractivity contribution in [1.82, 2.24) is 20.2 Å². The van der Waals surface area contributed by atoms with Gasteiger partial charge in [-0.15, -0.1) is 0 Å². The van der Waals surface area contributed by atoms with E-state index < -0.39 is 0 Å². The maximum absolute atomic E-state index is 4.74. The molecule has 0 aliphatic carbocycles. The van der Waals surface area contributed by atoms with Gasteiger partial charge < -0.3 is 15.1 Å². The minimum atomic E-state index is 0.000578. The van der Waals surface area contributed by atoms with Gasteiger partial charge in [0.2, 0.25) is 0 Å². The third-order valence-electron chi connectivity index (χ3n) is 5.64. The Kier molecular flexibility index (Phi) is 7.62. The predicted octanol–water partition coefficient (Wildman–Crippen LogP) is 3.64. The molecule has 1 N–H and O–H groups in total. The van der Waals surface area contributed by atoms with Crippen LogP contribution in [0.2, 0.25) is 0 Å². The number of aromatic nitrogens is 2. The van der Waals surface area contributed by atoms with Gasteiger partial charge in [-0.05, 0) is 43.6 Å². The van der Waals surface area contributed by atoms with E-state index in [1.807, 2.05) is 12.3 Å². The molecule has 2 heterocycles. The topological polar surface area (TPSA) is 44.3 Å². The molecule has 0 amide bonds. The first kappa shape index (κ1) is 21.7. The molecule has 29 heavy (non-hydrogen) atoms. The third-order valence-corrected chi connectivity index (χ3v) is 5.64. The monoisotopic (exact) mass is 395 g/mol. The van der Waals surface area contributed by atoms with Crippen LogP contribution in [0.3, 0.4) is 0 Å². The molecular weight excluding hydrogens is 358 g/mol. The van der Waals surface area contributed by atoms with Gasteiger partial charge in [-0.1, -0.05) is 45.9 Å². The summed E-state index contributed by atoms with van der Waals surface area (Å²) in [6, 6.07) is 10.9. The molecule has 0 radical (unpaired) electrons. The number of aryl methyl sites for hydroxylation is 1. The number of nitrogens with one attached hydrogen (secondary N) is 1. The summed E-state index contributed by atoms with van der Waals surface area (Å²) in [7, 11) is 0. The van der Waals surface area contributed by atoms with Crippen molar-refractivity contribution in [3.8, 4) is 0 Å².